The van der Waals surface area contributed by atoms with Crippen molar-refractivity contribution in [2.45, 2.75) is 18.3 Å². The molecule has 3 rings (SSSR count). The minimum absolute atomic E-state index is 0.103. The van der Waals surface area contributed by atoms with E-state index in [0.29, 0.717) is 25.3 Å². The van der Waals surface area contributed by atoms with Crippen LogP contribution in [0.2, 0.25) is 5.02 Å². The third-order valence-corrected chi connectivity index (χ3v) is 5.69. The molecule has 23 heavy (non-hydrogen) atoms. The average molecular weight is 354 g/mol. The Kier molecular flexibility index (Phi) is 4.99. The molecule has 1 saturated heterocycles. The molecule has 0 atom stereocenters. The first kappa shape index (κ1) is 16.4. The Bertz CT molecular complexity index is 684. The lowest BCUT2D eigenvalue weighted by molar-refractivity contribution is 0.0499. The van der Waals surface area contributed by atoms with E-state index in [-0.39, 0.29) is 16.3 Å². The van der Waals surface area contributed by atoms with Gasteiger partial charge in [0.1, 0.15) is 5.82 Å². The van der Waals surface area contributed by atoms with E-state index in [0.717, 1.165) is 18.9 Å². The number of carbonyl (C=O) groups excluding carboxylic acids is 1. The fourth-order valence-corrected chi connectivity index (χ4v) is 4.11. The van der Waals surface area contributed by atoms with E-state index in [2.05, 4.69) is 11.4 Å². The van der Waals surface area contributed by atoms with Crippen molar-refractivity contribution in [1.82, 2.24) is 5.32 Å². The summed E-state index contributed by atoms with van der Waals surface area (Å²) in [5, 5.41) is 5.13. The molecule has 2 heterocycles. The highest BCUT2D eigenvalue weighted by molar-refractivity contribution is 7.10. The van der Waals surface area contributed by atoms with E-state index in [1.54, 1.807) is 11.3 Å². The van der Waals surface area contributed by atoms with E-state index in [4.69, 9.17) is 16.3 Å². The molecule has 3 nitrogen and oxygen atoms in total. The van der Waals surface area contributed by atoms with Crippen molar-refractivity contribution in [1.29, 1.82) is 0 Å². The number of hydrogen-bond acceptors (Lipinski definition) is 3. The fourth-order valence-electron chi connectivity index (χ4n) is 2.87. The summed E-state index contributed by atoms with van der Waals surface area (Å²) in [4.78, 5) is 13.6. The van der Waals surface area contributed by atoms with Crippen LogP contribution in [0.3, 0.4) is 0 Å². The molecule has 0 bridgehead atoms. The molecule has 0 aliphatic carbocycles. The molecule has 122 valence electrons. The number of carbonyl (C=O) groups is 1. The molecule has 1 amide bonds. The van der Waals surface area contributed by atoms with Gasteiger partial charge in [0.25, 0.3) is 5.91 Å². The van der Waals surface area contributed by atoms with E-state index in [1.807, 2.05) is 11.4 Å². The molecule has 1 aliphatic heterocycles. The molecule has 1 aromatic carbocycles. The van der Waals surface area contributed by atoms with Crippen LogP contribution in [0.15, 0.2) is 35.7 Å². The van der Waals surface area contributed by atoms with Crippen LogP contribution < -0.4 is 5.32 Å². The van der Waals surface area contributed by atoms with Crippen molar-refractivity contribution < 1.29 is 13.9 Å². The van der Waals surface area contributed by atoms with Gasteiger partial charge in [0, 0.05) is 30.1 Å². The van der Waals surface area contributed by atoms with Crippen LogP contribution in [0.5, 0.6) is 0 Å². The minimum Gasteiger partial charge on any atom is -0.381 e. The summed E-state index contributed by atoms with van der Waals surface area (Å²) in [6, 6.07) is 7.93. The van der Waals surface area contributed by atoms with Gasteiger partial charge in [-0.25, -0.2) is 4.39 Å². The number of thiophene rings is 1. The zero-order chi connectivity index (χ0) is 16.3. The lowest BCUT2D eigenvalue weighted by atomic mass is 9.78. The van der Waals surface area contributed by atoms with Crippen molar-refractivity contribution in [3.05, 3.63) is 57.0 Å². The average Bonchev–Trinajstić information content (AvgIpc) is 3.09. The summed E-state index contributed by atoms with van der Waals surface area (Å²) in [6.45, 7) is 1.89. The smallest absolute Gasteiger partial charge is 0.252 e. The second-order valence-electron chi connectivity index (χ2n) is 5.68. The Labute approximate surface area is 143 Å². The minimum atomic E-state index is -0.453. The first-order valence-corrected chi connectivity index (χ1v) is 8.71. The van der Waals surface area contributed by atoms with Gasteiger partial charge in [0.15, 0.2) is 0 Å². The van der Waals surface area contributed by atoms with Crippen LogP contribution >= 0.6 is 22.9 Å². The molecule has 0 spiro atoms. The van der Waals surface area contributed by atoms with Crippen LogP contribution in [0.4, 0.5) is 4.39 Å². The molecule has 1 aliphatic rings. The maximum atomic E-state index is 13.1. The van der Waals surface area contributed by atoms with Crippen LogP contribution in [-0.4, -0.2) is 25.7 Å². The molecule has 1 fully saturated rings. The third kappa shape index (κ3) is 3.57. The van der Waals surface area contributed by atoms with Crippen molar-refractivity contribution in [2.75, 3.05) is 19.8 Å². The summed E-state index contributed by atoms with van der Waals surface area (Å²) in [5.74, 6) is -0.733. The number of halogens is 2. The summed E-state index contributed by atoms with van der Waals surface area (Å²) in [5.41, 5.74) is 0.190. The molecule has 1 aromatic heterocycles. The van der Waals surface area contributed by atoms with Crippen LogP contribution in [-0.2, 0) is 10.2 Å². The number of ether oxygens (including phenoxy) is 1. The largest absolute Gasteiger partial charge is 0.381 e. The predicted octanol–water partition coefficient (Wildman–Crippen LogP) is 4.02. The van der Waals surface area contributed by atoms with E-state index < -0.39 is 5.82 Å². The van der Waals surface area contributed by atoms with Gasteiger partial charge in [0.2, 0.25) is 0 Å². The van der Waals surface area contributed by atoms with Gasteiger partial charge in [-0.15, -0.1) is 11.3 Å². The van der Waals surface area contributed by atoms with Gasteiger partial charge in [-0.05, 0) is 42.5 Å². The predicted molar refractivity (Wildman–Crippen MR) is 89.8 cm³/mol. The molecule has 2 aromatic rings. The SMILES string of the molecule is O=C(NCC1(c2cccs2)CCOCC1)c1ccc(F)cc1Cl. The number of benzene rings is 1. The first-order valence-electron chi connectivity index (χ1n) is 7.46. The van der Waals surface area contributed by atoms with Gasteiger partial charge in [-0.1, -0.05) is 17.7 Å². The van der Waals surface area contributed by atoms with E-state index in [1.165, 1.54) is 17.0 Å². The zero-order valence-corrected chi connectivity index (χ0v) is 14.1. The summed E-state index contributed by atoms with van der Waals surface area (Å²) in [6.07, 6.45) is 1.73. The zero-order valence-electron chi connectivity index (χ0n) is 12.5. The van der Waals surface area contributed by atoms with Gasteiger partial charge >= 0.3 is 0 Å². The Hall–Kier alpha value is -1.43. The highest BCUT2D eigenvalue weighted by Crippen LogP contribution is 2.37. The monoisotopic (exact) mass is 353 g/mol. The molecule has 0 unspecified atom stereocenters. The van der Waals surface area contributed by atoms with Gasteiger partial charge in [-0.3, -0.25) is 4.79 Å². The van der Waals surface area contributed by atoms with Crippen LogP contribution in [0, 0.1) is 5.82 Å². The molecular weight excluding hydrogens is 337 g/mol. The van der Waals surface area contributed by atoms with Crippen molar-refractivity contribution in [3.63, 3.8) is 0 Å². The highest BCUT2D eigenvalue weighted by atomic mass is 35.5. The maximum Gasteiger partial charge on any atom is 0.252 e. The quantitative estimate of drug-likeness (QED) is 0.901. The second kappa shape index (κ2) is 6.99. The maximum absolute atomic E-state index is 13.1. The van der Waals surface area contributed by atoms with Crippen molar-refractivity contribution in [2.24, 2.45) is 0 Å². The molecule has 0 saturated carbocycles. The Balaban J connectivity index is 1.75. The molecule has 0 radical (unpaired) electrons. The first-order chi connectivity index (χ1) is 11.1. The molecule has 1 N–H and O–H groups in total. The summed E-state index contributed by atoms with van der Waals surface area (Å²) < 4.78 is 18.6. The number of nitrogens with one attached hydrogen (secondary N) is 1. The second-order valence-corrected chi connectivity index (χ2v) is 7.03. The lowest BCUT2D eigenvalue weighted by Crippen LogP contribution is -2.44. The third-order valence-electron chi connectivity index (χ3n) is 4.26. The van der Waals surface area contributed by atoms with Crippen molar-refractivity contribution in [3.8, 4) is 0 Å². The van der Waals surface area contributed by atoms with E-state index >= 15 is 0 Å². The number of rotatable bonds is 4. The number of amides is 1. The summed E-state index contributed by atoms with van der Waals surface area (Å²) >= 11 is 7.66. The Morgan fingerprint density at radius 3 is 2.78 bits per heavy atom. The molecular formula is C17H17ClFNO2S. The summed E-state index contributed by atoms with van der Waals surface area (Å²) in [7, 11) is 0. The highest BCUT2D eigenvalue weighted by Gasteiger charge is 2.35. The van der Waals surface area contributed by atoms with Crippen molar-refractivity contribution >= 4 is 28.8 Å². The Morgan fingerprint density at radius 1 is 1.35 bits per heavy atom. The van der Waals surface area contributed by atoms with E-state index in [9.17, 15) is 9.18 Å². The fraction of sp³-hybridized carbons (Fsp3) is 0.353. The van der Waals surface area contributed by atoms with Gasteiger partial charge in [0.05, 0.1) is 10.6 Å². The topological polar surface area (TPSA) is 38.3 Å². The van der Waals surface area contributed by atoms with Gasteiger partial charge in [-0.2, -0.15) is 0 Å². The normalized spacial score (nSPS) is 17.0. The lowest BCUT2D eigenvalue weighted by Gasteiger charge is -2.36. The van der Waals surface area contributed by atoms with Crippen LogP contribution in [0.1, 0.15) is 28.1 Å². The molecule has 6 heteroatoms. The van der Waals surface area contributed by atoms with Gasteiger partial charge < -0.3 is 10.1 Å². The number of hydrogen-bond donors (Lipinski definition) is 1. The Morgan fingerprint density at radius 2 is 2.13 bits per heavy atom. The standard InChI is InChI=1S/C17H17ClFNO2S/c18-14-10-12(19)3-4-13(14)16(21)20-11-17(5-7-22-8-6-17)15-2-1-9-23-15/h1-4,9-10H,5-8,11H2,(H,20,21). The van der Waals surface area contributed by atoms with Crippen LogP contribution in [0.25, 0.3) is 0 Å².